The molecule has 0 radical (unpaired) electrons. The number of carbonyl (C=O) groups excluding carboxylic acids is 2. The Balaban J connectivity index is 0.00000155. The van der Waals surface area contributed by atoms with Crippen LogP contribution in [0.2, 0.25) is 4.22 Å². The molecule has 30 heavy (non-hydrogen) atoms. The molecule has 0 saturated heterocycles. The number of allylic oxidation sites excluding steroid dienone is 4. The first-order valence-electron chi connectivity index (χ1n) is 11.2. The first-order valence-corrected chi connectivity index (χ1v) is 13.3. The first-order chi connectivity index (χ1) is 14.0. The second-order valence-corrected chi connectivity index (χ2v) is 13.0. The molecule has 3 rings (SSSR count). The smallest absolute Gasteiger partial charge is 0.153 e. The molecule has 0 aromatic heterocycles. The average molecular weight is 454 g/mol. The Kier molecular flexibility index (Phi) is 8.57. The van der Waals surface area contributed by atoms with Crippen LogP contribution in [0, 0.1) is 10.8 Å². The van der Waals surface area contributed by atoms with Gasteiger partial charge in [0.05, 0.1) is 0 Å². The summed E-state index contributed by atoms with van der Waals surface area (Å²) >= 11 is -2.95. The molecule has 0 aromatic rings. The predicted molar refractivity (Wildman–Crippen MR) is 112 cm³/mol. The van der Waals surface area contributed by atoms with E-state index in [4.69, 9.17) is 11.7 Å². The molecule has 0 heterocycles. The molecule has 168 valence electrons. The van der Waals surface area contributed by atoms with Crippen molar-refractivity contribution in [1.82, 2.24) is 0 Å². The third kappa shape index (κ3) is 5.66. The number of hydrogen-bond acceptors (Lipinski definition) is 5. The summed E-state index contributed by atoms with van der Waals surface area (Å²) < 4.78 is 12.2. The minimum Gasteiger partial charge on any atom is -0.857 e. The van der Waals surface area contributed by atoms with Gasteiger partial charge in [-0.25, -0.2) is 0 Å². The molecule has 3 aliphatic carbocycles. The van der Waals surface area contributed by atoms with E-state index < -0.39 is 29.5 Å². The van der Waals surface area contributed by atoms with Gasteiger partial charge in [-0.3, -0.25) is 0 Å². The summed E-state index contributed by atoms with van der Waals surface area (Å²) in [6.07, 6.45) is 9.23. The molecule has 3 aliphatic rings. The van der Waals surface area contributed by atoms with Gasteiger partial charge in [-0.05, 0) is 0 Å². The molecular weight excluding hydrogens is 416 g/mol. The maximum atomic E-state index is 12.8. The van der Waals surface area contributed by atoms with Crippen molar-refractivity contribution >= 4 is 11.9 Å². The Morgan fingerprint density at radius 1 is 0.733 bits per heavy atom. The molecule has 0 spiro atoms. The minimum absolute atomic E-state index is 0.0863. The van der Waals surface area contributed by atoms with E-state index in [1.54, 1.807) is 0 Å². The van der Waals surface area contributed by atoms with Crippen molar-refractivity contribution in [3.8, 4) is 0 Å². The second-order valence-electron chi connectivity index (χ2n) is 10.5. The van der Waals surface area contributed by atoms with Crippen LogP contribution in [-0.2, 0) is 34.9 Å². The van der Waals surface area contributed by atoms with Crippen LogP contribution in [0.5, 0.6) is 0 Å². The molecule has 0 amide bonds. The quantitative estimate of drug-likeness (QED) is 0.553. The largest absolute Gasteiger partial charge is 0.857 e. The van der Waals surface area contributed by atoms with Crippen LogP contribution in [0.15, 0.2) is 22.3 Å². The summed E-state index contributed by atoms with van der Waals surface area (Å²) in [5, 5.41) is 8.25. The van der Waals surface area contributed by atoms with Crippen LogP contribution < -0.4 is 5.11 Å². The van der Waals surface area contributed by atoms with Crippen molar-refractivity contribution < 1.29 is 40.0 Å². The van der Waals surface area contributed by atoms with Crippen molar-refractivity contribution in [2.75, 3.05) is 7.11 Å². The van der Waals surface area contributed by atoms with E-state index in [2.05, 4.69) is 0 Å². The van der Waals surface area contributed by atoms with Crippen molar-refractivity contribution in [3.05, 3.63) is 22.3 Å². The molecule has 0 aromatic carbocycles. The normalized spacial score (nSPS) is 19.5. The van der Waals surface area contributed by atoms with Gasteiger partial charge in [-0.2, -0.15) is 7.11 Å². The van der Waals surface area contributed by atoms with Gasteiger partial charge < -0.3 is 5.11 Å². The molecule has 0 aliphatic heterocycles. The molecule has 0 bridgehead atoms. The van der Waals surface area contributed by atoms with Crippen molar-refractivity contribution in [3.63, 3.8) is 0 Å². The molecule has 0 saturated carbocycles. The van der Waals surface area contributed by atoms with E-state index in [0.29, 0.717) is 0 Å². The Hall–Kier alpha value is -0.906. The first kappa shape index (κ1) is 25.4. The van der Waals surface area contributed by atoms with Gasteiger partial charge >= 0.3 is 177 Å². The maximum absolute atomic E-state index is 12.8. The van der Waals surface area contributed by atoms with E-state index in [0.717, 1.165) is 32.8 Å². The molecule has 6 heteroatoms. The summed E-state index contributed by atoms with van der Waals surface area (Å²) in [6.45, 7) is 11.2. The molecule has 0 atom stereocenters. The van der Waals surface area contributed by atoms with Crippen LogP contribution >= 0.6 is 0 Å². The second kappa shape index (κ2) is 10.1. The fourth-order valence-corrected chi connectivity index (χ4v) is 8.15. The van der Waals surface area contributed by atoms with Gasteiger partial charge in [-0.1, -0.05) is 0 Å². The topological polar surface area (TPSA) is 75.7 Å². The van der Waals surface area contributed by atoms with Crippen molar-refractivity contribution in [2.24, 2.45) is 10.8 Å². The van der Waals surface area contributed by atoms with Crippen LogP contribution in [0.25, 0.3) is 0 Å². The third-order valence-corrected chi connectivity index (χ3v) is 8.96. The SMILES string of the molecule is CC(C)(C)C(=O)[O][Ti+]([O]C(=O)C(C)(C)C)[CH]1C2=C(CCCC2)C2=C1CCCC2.C[O-]. The van der Waals surface area contributed by atoms with Gasteiger partial charge in [0.25, 0.3) is 0 Å². The minimum atomic E-state index is -2.95. The van der Waals surface area contributed by atoms with Gasteiger partial charge in [0.1, 0.15) is 0 Å². The summed E-state index contributed by atoms with van der Waals surface area (Å²) in [5.74, 6) is -0.487. The Morgan fingerprint density at radius 2 is 1.07 bits per heavy atom. The number of hydrogen-bond donors (Lipinski definition) is 0. The molecule has 0 N–H and O–H groups in total. The van der Waals surface area contributed by atoms with E-state index in [1.807, 2.05) is 41.5 Å². The van der Waals surface area contributed by atoms with Gasteiger partial charge in [-0.15, -0.1) is 0 Å². The predicted octanol–water partition coefficient (Wildman–Crippen LogP) is 5.13. The van der Waals surface area contributed by atoms with E-state index in [-0.39, 0.29) is 16.2 Å². The van der Waals surface area contributed by atoms with E-state index >= 15 is 0 Å². The summed E-state index contributed by atoms with van der Waals surface area (Å²) in [4.78, 5) is 25.6. The van der Waals surface area contributed by atoms with Gasteiger partial charge in [0.2, 0.25) is 0 Å². The maximum Gasteiger partial charge on any atom is -0.153 e. The average Bonchev–Trinajstić information content (AvgIpc) is 3.02. The summed E-state index contributed by atoms with van der Waals surface area (Å²) in [7, 11) is 0.750. The van der Waals surface area contributed by atoms with Crippen molar-refractivity contribution in [2.45, 2.75) is 97.1 Å². The molecule has 0 fully saturated rings. The van der Waals surface area contributed by atoms with Crippen molar-refractivity contribution in [1.29, 1.82) is 0 Å². The fourth-order valence-electron chi connectivity index (χ4n) is 4.31. The van der Waals surface area contributed by atoms with Gasteiger partial charge in [0, 0.05) is 0 Å². The van der Waals surface area contributed by atoms with Crippen LogP contribution in [0.4, 0.5) is 0 Å². The third-order valence-electron chi connectivity index (χ3n) is 5.93. The summed E-state index contributed by atoms with van der Waals surface area (Å²) in [6, 6.07) is 0. The van der Waals surface area contributed by atoms with Crippen LogP contribution in [0.1, 0.15) is 92.9 Å². The van der Waals surface area contributed by atoms with Crippen LogP contribution in [0.3, 0.4) is 0 Å². The Morgan fingerprint density at radius 3 is 1.40 bits per heavy atom. The van der Waals surface area contributed by atoms with E-state index in [9.17, 15) is 9.59 Å². The monoisotopic (exact) mass is 454 g/mol. The van der Waals surface area contributed by atoms with Gasteiger partial charge in [0.15, 0.2) is 0 Å². The molecular formula is C24H38O5Ti. The zero-order valence-electron chi connectivity index (χ0n) is 19.8. The van der Waals surface area contributed by atoms with E-state index in [1.165, 1.54) is 48.0 Å². The molecule has 0 unspecified atom stereocenters. The molecule has 5 nitrogen and oxygen atoms in total. The number of rotatable bonds is 3. The zero-order chi connectivity index (χ0) is 22.7. The Bertz CT molecular complexity index is 661. The van der Waals surface area contributed by atoms with Crippen LogP contribution in [-0.4, -0.2) is 19.0 Å². The number of carbonyl (C=O) groups is 2. The zero-order valence-corrected chi connectivity index (χ0v) is 21.3. The fraction of sp³-hybridized carbons (Fsp3) is 0.750. The number of fused-ring (bicyclic) bond motifs is 1. The summed E-state index contributed by atoms with van der Waals surface area (Å²) in [5.41, 5.74) is 4.73. The Labute approximate surface area is 189 Å². The standard InChI is InChI=1S/C13H17.2C5H10O2.CH3O.Ti/c1-3-7-12-10(5-1)9-11-6-2-4-8-13(11)12;2*1-5(2,3)4(6)7;1-2;/h9H,1-8H2;2*1-3H3,(H,6,7);1H3;/q;;;-1;+3/p-2.